The lowest BCUT2D eigenvalue weighted by Crippen LogP contribution is -2.52. The Kier molecular flexibility index (Phi) is 40.3. The lowest BCUT2D eigenvalue weighted by atomic mass is 10.1. The van der Waals surface area contributed by atoms with Crippen LogP contribution in [0.1, 0.15) is 99.3 Å². The summed E-state index contributed by atoms with van der Waals surface area (Å²) in [5.41, 5.74) is 0. The highest BCUT2D eigenvalue weighted by atomic mass is 16.4. The highest BCUT2D eigenvalue weighted by molar-refractivity contribution is 5.92. The van der Waals surface area contributed by atoms with E-state index in [0.29, 0.717) is 6.42 Å². The first-order valence-electron chi connectivity index (χ1n) is 14.6. The second-order valence-corrected chi connectivity index (χ2v) is 8.77. The van der Waals surface area contributed by atoms with E-state index in [2.05, 4.69) is 35.1 Å². The van der Waals surface area contributed by atoms with Gasteiger partial charge in [-0.3, -0.25) is 43.2 Å². The lowest BCUT2D eigenvalue weighted by Gasteiger charge is -2.19. The number of nitrogens with one attached hydrogen (secondary N) is 4. The van der Waals surface area contributed by atoms with Crippen molar-refractivity contribution in [2.75, 3.05) is 13.1 Å². The van der Waals surface area contributed by atoms with Gasteiger partial charge in [0.1, 0.15) is 12.1 Å². The molecular formula is C28H52N4O14. The summed E-state index contributed by atoms with van der Waals surface area (Å²) in [6, 6.07) is -2.21. The highest BCUT2D eigenvalue weighted by Gasteiger charge is 2.24. The van der Waals surface area contributed by atoms with Gasteiger partial charge in [0.05, 0.1) is 6.54 Å². The van der Waals surface area contributed by atoms with Gasteiger partial charge in [0.15, 0.2) is 0 Å². The van der Waals surface area contributed by atoms with E-state index in [1.54, 1.807) is 27.7 Å². The zero-order chi connectivity index (χ0) is 37.1. The number of carboxylic acid groups (broad SMARTS) is 5. The summed E-state index contributed by atoms with van der Waals surface area (Å²) in [6.07, 6.45) is 1.42. The number of aliphatic carboxylic acids is 4. The molecule has 0 aliphatic heterocycles. The lowest BCUT2D eigenvalue weighted by molar-refractivity contribution is -0.138. The van der Waals surface area contributed by atoms with E-state index in [1.165, 1.54) is 6.42 Å². The zero-order valence-corrected chi connectivity index (χ0v) is 27.4. The maximum atomic E-state index is 12.3. The molecule has 18 nitrogen and oxygen atoms in total. The van der Waals surface area contributed by atoms with E-state index in [1.807, 2.05) is 0 Å². The summed E-state index contributed by atoms with van der Waals surface area (Å²) in [4.78, 5) is 96.7. The fraction of sp³-hybridized carbons (Fsp3) is 0.679. The van der Waals surface area contributed by atoms with E-state index in [-0.39, 0.29) is 58.0 Å². The third-order valence-corrected chi connectivity index (χ3v) is 4.45. The number of carboxylic acids is 4. The Morgan fingerprint density at radius 2 is 0.913 bits per heavy atom. The highest BCUT2D eigenvalue weighted by Crippen LogP contribution is 2.01. The molecule has 0 heterocycles. The second-order valence-electron chi connectivity index (χ2n) is 8.77. The molecule has 268 valence electrons. The monoisotopic (exact) mass is 668 g/mol. The second kappa shape index (κ2) is 36.4. The van der Waals surface area contributed by atoms with Crippen LogP contribution < -0.4 is 21.3 Å². The number of carbonyl (C=O) groups is 9. The number of rotatable bonds is 17. The first kappa shape index (κ1) is 50.8. The van der Waals surface area contributed by atoms with Crippen molar-refractivity contribution in [2.24, 2.45) is 0 Å². The minimum Gasteiger partial charge on any atom is -0.483 e. The molecule has 2 atom stereocenters. The summed E-state index contributed by atoms with van der Waals surface area (Å²) in [5.74, 6) is -6.20. The van der Waals surface area contributed by atoms with Crippen LogP contribution in [0, 0.1) is 0 Å². The summed E-state index contributed by atoms with van der Waals surface area (Å²) >= 11 is 0. The number of likely N-dealkylation sites (N-methyl/N-ethyl adjacent to an activating group) is 1. The van der Waals surface area contributed by atoms with Crippen LogP contribution in [0.2, 0.25) is 0 Å². The van der Waals surface area contributed by atoms with Gasteiger partial charge >= 0.3 is 23.9 Å². The quantitative estimate of drug-likeness (QED) is 0.0970. The largest absolute Gasteiger partial charge is 0.483 e. The normalized spacial score (nSPS) is 10.2. The molecule has 0 aromatic heterocycles. The third-order valence-electron chi connectivity index (χ3n) is 4.45. The van der Waals surface area contributed by atoms with Crippen molar-refractivity contribution in [3.8, 4) is 0 Å². The van der Waals surface area contributed by atoms with Crippen LogP contribution in [-0.4, -0.2) is 105 Å². The fourth-order valence-corrected chi connectivity index (χ4v) is 2.40. The Morgan fingerprint density at radius 1 is 0.587 bits per heavy atom. The van der Waals surface area contributed by atoms with E-state index >= 15 is 0 Å². The fourth-order valence-electron chi connectivity index (χ4n) is 2.40. The summed E-state index contributed by atoms with van der Waals surface area (Å²) in [5, 5.41) is 49.4. The zero-order valence-electron chi connectivity index (χ0n) is 27.4. The van der Waals surface area contributed by atoms with Gasteiger partial charge in [-0.25, -0.2) is 0 Å². The summed E-state index contributed by atoms with van der Waals surface area (Å²) in [6.45, 7) is 10.4. The van der Waals surface area contributed by atoms with Crippen molar-refractivity contribution in [3.05, 3.63) is 0 Å². The van der Waals surface area contributed by atoms with Crippen LogP contribution in [0.25, 0.3) is 0 Å². The molecule has 18 heteroatoms. The summed E-state index contributed by atoms with van der Waals surface area (Å²) < 4.78 is 0. The van der Waals surface area contributed by atoms with Crippen LogP contribution in [0.3, 0.4) is 0 Å². The molecule has 0 saturated carbocycles. The number of hydrogen-bond donors (Lipinski definition) is 9. The topological polar surface area (TPSA) is 303 Å². The van der Waals surface area contributed by atoms with E-state index < -0.39 is 66.1 Å². The van der Waals surface area contributed by atoms with Gasteiger partial charge < -0.3 is 46.8 Å². The van der Waals surface area contributed by atoms with Crippen molar-refractivity contribution >= 4 is 54.0 Å². The Hall–Kier alpha value is -4.77. The predicted octanol–water partition coefficient (Wildman–Crippen LogP) is 0.817. The van der Waals surface area contributed by atoms with Crippen LogP contribution in [0.15, 0.2) is 0 Å². The predicted molar refractivity (Wildman–Crippen MR) is 165 cm³/mol. The molecule has 0 aromatic rings. The third kappa shape index (κ3) is 43.7. The van der Waals surface area contributed by atoms with Crippen LogP contribution >= 0.6 is 0 Å². The SMILES string of the molecule is CCC.CCC(=O)O.CCC(=O)O.CCCC(=O)NC(CCC(=O)O)C(=O)NCC(=O)NC(CCC(=O)O)C(=O)NCC.O=CO. The average Bonchev–Trinajstić information content (AvgIpc) is 2.97. The Balaban J connectivity index is -0.000000287. The van der Waals surface area contributed by atoms with Gasteiger partial charge in [-0.2, -0.15) is 0 Å². The molecule has 0 spiro atoms. The summed E-state index contributed by atoms with van der Waals surface area (Å²) in [7, 11) is 0. The average molecular weight is 669 g/mol. The molecule has 0 saturated heterocycles. The Labute approximate surface area is 268 Å². The molecule has 0 bridgehead atoms. The van der Waals surface area contributed by atoms with Gasteiger partial charge in [0, 0.05) is 38.6 Å². The smallest absolute Gasteiger partial charge is 0.303 e. The maximum absolute atomic E-state index is 12.3. The molecule has 9 N–H and O–H groups in total. The Morgan fingerprint density at radius 3 is 1.20 bits per heavy atom. The first-order valence-corrected chi connectivity index (χ1v) is 14.6. The van der Waals surface area contributed by atoms with Crippen LogP contribution in [-0.2, 0) is 43.2 Å². The van der Waals surface area contributed by atoms with Crippen LogP contribution in [0.5, 0.6) is 0 Å². The van der Waals surface area contributed by atoms with Gasteiger partial charge in [0.25, 0.3) is 6.47 Å². The number of hydrogen-bond acceptors (Lipinski definition) is 9. The Bertz CT molecular complexity index is 899. The molecule has 46 heavy (non-hydrogen) atoms. The molecule has 2 unspecified atom stereocenters. The molecular weight excluding hydrogens is 616 g/mol. The molecule has 0 aliphatic rings. The standard InChI is InChI=1S/C18H30N4O8.2C3H6O2.C3H8.CH2O2/c1-3-5-13(23)21-12(7-9-16(27)28)18(30)20-10-14(24)22-11(6-8-15(25)26)17(29)19-4-2;2*1-2-3(4)5;1-3-2;2-1-3/h11-12H,3-10H2,1-2H3,(H,19,29)(H,20,30)(H,21,23)(H,22,24)(H,25,26)(H,27,28);2*2H2,1H3,(H,4,5);3H2,1-2H3;1H,(H,2,3). The number of carbonyl (C=O) groups excluding carboxylic acids is 4. The number of amides is 4. The van der Waals surface area contributed by atoms with Crippen molar-refractivity contribution < 1.29 is 68.7 Å². The van der Waals surface area contributed by atoms with Crippen molar-refractivity contribution in [1.29, 1.82) is 0 Å². The van der Waals surface area contributed by atoms with Crippen LogP contribution in [0.4, 0.5) is 0 Å². The first-order chi connectivity index (χ1) is 21.5. The minimum absolute atomic E-state index is 0.130. The molecule has 0 fully saturated rings. The minimum atomic E-state index is -1.14. The molecule has 0 aliphatic carbocycles. The maximum Gasteiger partial charge on any atom is 0.303 e. The van der Waals surface area contributed by atoms with Gasteiger partial charge in [-0.15, -0.1) is 0 Å². The molecule has 0 rings (SSSR count). The molecule has 0 aromatic carbocycles. The van der Waals surface area contributed by atoms with E-state index in [0.717, 1.165) is 0 Å². The van der Waals surface area contributed by atoms with Gasteiger partial charge in [0.2, 0.25) is 23.6 Å². The van der Waals surface area contributed by atoms with Gasteiger partial charge in [-0.05, 0) is 26.2 Å². The molecule has 4 amide bonds. The van der Waals surface area contributed by atoms with E-state index in [4.69, 9.17) is 30.3 Å². The molecule has 0 radical (unpaired) electrons. The van der Waals surface area contributed by atoms with E-state index in [9.17, 15) is 38.4 Å². The van der Waals surface area contributed by atoms with Gasteiger partial charge in [-0.1, -0.05) is 41.0 Å². The van der Waals surface area contributed by atoms with Crippen molar-refractivity contribution in [1.82, 2.24) is 21.3 Å². The van der Waals surface area contributed by atoms with Crippen molar-refractivity contribution in [2.45, 2.75) is 111 Å². The van der Waals surface area contributed by atoms with Crippen molar-refractivity contribution in [3.63, 3.8) is 0 Å².